The second kappa shape index (κ2) is 3.36. The zero-order chi connectivity index (χ0) is 11.1. The molecule has 0 saturated heterocycles. The van der Waals surface area contributed by atoms with Gasteiger partial charge >= 0.3 is 0 Å². The minimum atomic E-state index is 0.469. The molecular formula is C13H12N2O. The van der Waals surface area contributed by atoms with Gasteiger partial charge < -0.3 is 9.32 Å². The van der Waals surface area contributed by atoms with Gasteiger partial charge in [-0.3, -0.25) is 0 Å². The van der Waals surface area contributed by atoms with Crippen molar-refractivity contribution in [1.82, 2.24) is 4.90 Å². The van der Waals surface area contributed by atoms with Gasteiger partial charge in [-0.25, -0.2) is 0 Å². The maximum absolute atomic E-state index is 9.08. The van der Waals surface area contributed by atoms with Crippen molar-refractivity contribution in [1.29, 1.82) is 5.26 Å². The van der Waals surface area contributed by atoms with Crippen molar-refractivity contribution in [3.63, 3.8) is 0 Å². The topological polar surface area (TPSA) is 40.2 Å². The van der Waals surface area contributed by atoms with Crippen molar-refractivity contribution in [2.75, 3.05) is 13.6 Å². The minimum Gasteiger partial charge on any atom is -0.445 e. The Kier molecular flexibility index (Phi) is 1.98. The standard InChI is InChI=1S/C13H12N2O/c1-15-6-5-9-3-2-4-11-13(9)10(8-15)12(7-14)16-11/h2-4H,5-6,8H2,1H3. The number of hydrogen-bond donors (Lipinski definition) is 0. The third-order valence-corrected chi connectivity index (χ3v) is 3.19. The van der Waals surface area contributed by atoms with Gasteiger partial charge in [-0.15, -0.1) is 0 Å². The molecule has 0 radical (unpaired) electrons. The van der Waals surface area contributed by atoms with E-state index in [0.717, 1.165) is 36.0 Å². The van der Waals surface area contributed by atoms with E-state index in [9.17, 15) is 0 Å². The summed E-state index contributed by atoms with van der Waals surface area (Å²) in [6.45, 7) is 1.82. The zero-order valence-electron chi connectivity index (χ0n) is 9.16. The van der Waals surface area contributed by atoms with E-state index in [1.165, 1.54) is 5.56 Å². The molecule has 1 aromatic heterocycles. The summed E-state index contributed by atoms with van der Waals surface area (Å²) >= 11 is 0. The molecule has 1 aromatic carbocycles. The van der Waals surface area contributed by atoms with Crippen molar-refractivity contribution in [3.05, 3.63) is 35.1 Å². The van der Waals surface area contributed by atoms with Gasteiger partial charge in [0, 0.05) is 24.0 Å². The summed E-state index contributed by atoms with van der Waals surface area (Å²) in [7, 11) is 2.08. The Morgan fingerprint density at radius 2 is 2.31 bits per heavy atom. The van der Waals surface area contributed by atoms with Crippen molar-refractivity contribution in [2.45, 2.75) is 13.0 Å². The van der Waals surface area contributed by atoms with Crippen molar-refractivity contribution in [3.8, 4) is 6.07 Å². The van der Waals surface area contributed by atoms with Gasteiger partial charge in [0.25, 0.3) is 0 Å². The summed E-state index contributed by atoms with van der Waals surface area (Å²) < 4.78 is 5.58. The van der Waals surface area contributed by atoms with E-state index in [-0.39, 0.29) is 0 Å². The fourth-order valence-corrected chi connectivity index (χ4v) is 2.40. The lowest BCUT2D eigenvalue weighted by Gasteiger charge is -2.12. The SMILES string of the molecule is CN1CCc2cccc3oc(C#N)c(c23)C1. The average Bonchev–Trinajstić information content (AvgIpc) is 2.55. The third kappa shape index (κ3) is 1.24. The van der Waals surface area contributed by atoms with E-state index >= 15 is 0 Å². The van der Waals surface area contributed by atoms with Crippen LogP contribution in [0.5, 0.6) is 0 Å². The smallest absolute Gasteiger partial charge is 0.209 e. The predicted molar refractivity (Wildman–Crippen MR) is 61.0 cm³/mol. The van der Waals surface area contributed by atoms with Crippen LogP contribution in [0.1, 0.15) is 16.9 Å². The largest absolute Gasteiger partial charge is 0.445 e. The monoisotopic (exact) mass is 212 g/mol. The molecule has 3 nitrogen and oxygen atoms in total. The lowest BCUT2D eigenvalue weighted by molar-refractivity contribution is 0.334. The molecule has 1 aliphatic heterocycles. The number of benzene rings is 1. The Labute approximate surface area is 93.9 Å². The summed E-state index contributed by atoms with van der Waals surface area (Å²) in [5, 5.41) is 10.2. The van der Waals surface area contributed by atoms with Crippen LogP contribution in [-0.4, -0.2) is 18.5 Å². The summed E-state index contributed by atoms with van der Waals surface area (Å²) in [6, 6.07) is 8.22. The minimum absolute atomic E-state index is 0.469. The molecule has 0 bridgehead atoms. The zero-order valence-corrected chi connectivity index (χ0v) is 9.16. The fourth-order valence-electron chi connectivity index (χ4n) is 2.40. The van der Waals surface area contributed by atoms with E-state index in [0.29, 0.717) is 5.76 Å². The first-order valence-corrected chi connectivity index (χ1v) is 5.41. The molecule has 2 aromatic rings. The molecule has 0 amide bonds. The van der Waals surface area contributed by atoms with E-state index in [1.54, 1.807) is 0 Å². The lowest BCUT2D eigenvalue weighted by atomic mass is 10.0. The van der Waals surface area contributed by atoms with Crippen LogP contribution < -0.4 is 0 Å². The van der Waals surface area contributed by atoms with Crippen LogP contribution in [0, 0.1) is 11.3 Å². The fraction of sp³-hybridized carbons (Fsp3) is 0.308. The van der Waals surface area contributed by atoms with Crippen LogP contribution in [0.25, 0.3) is 11.0 Å². The summed E-state index contributed by atoms with van der Waals surface area (Å²) in [4.78, 5) is 2.23. The molecule has 0 fully saturated rings. The van der Waals surface area contributed by atoms with Gasteiger partial charge in [-0.05, 0) is 25.1 Å². The van der Waals surface area contributed by atoms with Crippen LogP contribution >= 0.6 is 0 Å². The van der Waals surface area contributed by atoms with Crippen molar-refractivity contribution < 1.29 is 4.42 Å². The number of furan rings is 1. The molecule has 80 valence electrons. The molecule has 3 rings (SSSR count). The molecule has 0 spiro atoms. The van der Waals surface area contributed by atoms with Gasteiger partial charge in [-0.2, -0.15) is 5.26 Å². The summed E-state index contributed by atoms with van der Waals surface area (Å²) in [5.74, 6) is 0.469. The maximum Gasteiger partial charge on any atom is 0.209 e. The number of likely N-dealkylation sites (N-methyl/N-ethyl adjacent to an activating group) is 1. The number of rotatable bonds is 0. The molecule has 3 heteroatoms. The molecule has 2 heterocycles. The van der Waals surface area contributed by atoms with E-state index in [4.69, 9.17) is 9.68 Å². The third-order valence-electron chi connectivity index (χ3n) is 3.19. The Hall–Kier alpha value is -1.79. The second-order valence-electron chi connectivity index (χ2n) is 4.30. The average molecular weight is 212 g/mol. The molecular weight excluding hydrogens is 200 g/mol. The van der Waals surface area contributed by atoms with Crippen molar-refractivity contribution >= 4 is 11.0 Å². The highest BCUT2D eigenvalue weighted by molar-refractivity contribution is 5.87. The molecule has 0 unspecified atom stereocenters. The predicted octanol–water partition coefficient (Wildman–Crippen LogP) is 2.29. The lowest BCUT2D eigenvalue weighted by Crippen LogP contribution is -2.18. The van der Waals surface area contributed by atoms with Gasteiger partial charge in [0.15, 0.2) is 0 Å². The van der Waals surface area contributed by atoms with Crippen LogP contribution in [-0.2, 0) is 13.0 Å². The van der Waals surface area contributed by atoms with Gasteiger partial charge in [0.2, 0.25) is 5.76 Å². The van der Waals surface area contributed by atoms with Gasteiger partial charge in [0.05, 0.1) is 0 Å². The highest BCUT2D eigenvalue weighted by Crippen LogP contribution is 2.31. The molecule has 0 atom stereocenters. The van der Waals surface area contributed by atoms with Gasteiger partial charge in [-0.1, -0.05) is 12.1 Å². The van der Waals surface area contributed by atoms with E-state index in [1.807, 2.05) is 12.1 Å². The Bertz CT molecular complexity index is 592. The molecule has 0 aliphatic carbocycles. The second-order valence-corrected chi connectivity index (χ2v) is 4.30. The first-order chi connectivity index (χ1) is 7.79. The van der Waals surface area contributed by atoms with Gasteiger partial charge in [0.1, 0.15) is 11.7 Å². The number of nitriles is 1. The van der Waals surface area contributed by atoms with Crippen molar-refractivity contribution in [2.24, 2.45) is 0 Å². The van der Waals surface area contributed by atoms with Crippen LogP contribution in [0.2, 0.25) is 0 Å². The Morgan fingerprint density at radius 3 is 3.12 bits per heavy atom. The quantitative estimate of drug-likeness (QED) is 0.672. The molecule has 0 saturated carbocycles. The van der Waals surface area contributed by atoms with E-state index < -0.39 is 0 Å². The number of hydrogen-bond acceptors (Lipinski definition) is 3. The normalized spacial score (nSPS) is 16.0. The summed E-state index contributed by atoms with van der Waals surface area (Å²) in [6.07, 6.45) is 1.02. The molecule has 1 aliphatic rings. The van der Waals surface area contributed by atoms with E-state index in [2.05, 4.69) is 24.1 Å². The molecule has 0 N–H and O–H groups in total. The first kappa shape index (κ1) is 9.44. The highest BCUT2D eigenvalue weighted by Gasteiger charge is 2.20. The first-order valence-electron chi connectivity index (χ1n) is 5.41. The highest BCUT2D eigenvalue weighted by atomic mass is 16.3. The van der Waals surface area contributed by atoms with Crippen LogP contribution in [0.15, 0.2) is 22.6 Å². The maximum atomic E-state index is 9.08. The van der Waals surface area contributed by atoms with Crippen LogP contribution in [0.3, 0.4) is 0 Å². The molecule has 16 heavy (non-hydrogen) atoms. The Balaban J connectivity index is 2.37. The number of nitrogens with zero attached hydrogens (tertiary/aromatic N) is 2. The Morgan fingerprint density at radius 1 is 1.44 bits per heavy atom. The summed E-state index contributed by atoms with van der Waals surface area (Å²) in [5.41, 5.74) is 3.19. The van der Waals surface area contributed by atoms with Crippen LogP contribution in [0.4, 0.5) is 0 Å².